The van der Waals surface area contributed by atoms with Crippen LogP contribution in [0.15, 0.2) is 0 Å². The minimum absolute atomic E-state index is 1.03. The predicted molar refractivity (Wildman–Crippen MR) is 54.6 cm³/mol. The molecule has 0 aromatic rings. The first-order chi connectivity index (χ1) is 5.41. The molecule has 0 rings (SSSR count). The molecule has 1 radical (unpaired) electrons. The van der Waals surface area contributed by atoms with Gasteiger partial charge in [0.15, 0.2) is 0 Å². The van der Waals surface area contributed by atoms with E-state index in [-0.39, 0.29) is 0 Å². The second-order valence-electron chi connectivity index (χ2n) is 2.51. The van der Waals surface area contributed by atoms with E-state index in [1.54, 1.807) is 0 Å². The molecular weight excluding hydrogens is 152 g/mol. The van der Waals surface area contributed by atoms with Gasteiger partial charge in [0.25, 0.3) is 0 Å². The minimum atomic E-state index is 1.03. The van der Waals surface area contributed by atoms with Gasteiger partial charge in [0.2, 0.25) is 0 Å². The van der Waals surface area contributed by atoms with Gasteiger partial charge in [-0.15, -0.1) is 11.8 Å². The normalized spacial score (nSPS) is 8.91. The molecule has 0 amide bonds. The van der Waals surface area contributed by atoms with Crippen LogP contribution in [0.2, 0.25) is 0 Å². The standard InChI is InChI=1S/C10H17S/c1-3-4-5-6-7-8-9-10-11-2/h1,5-10H2,2H3. The quantitative estimate of drug-likeness (QED) is 0.435. The van der Waals surface area contributed by atoms with Crippen LogP contribution in [-0.4, -0.2) is 12.0 Å². The fourth-order valence-corrected chi connectivity index (χ4v) is 1.39. The predicted octanol–water partition coefficient (Wildman–Crippen LogP) is 3.14. The van der Waals surface area contributed by atoms with Crippen molar-refractivity contribution >= 4 is 11.8 Å². The zero-order valence-electron chi connectivity index (χ0n) is 7.36. The van der Waals surface area contributed by atoms with Crippen molar-refractivity contribution in [1.82, 2.24) is 0 Å². The van der Waals surface area contributed by atoms with E-state index in [9.17, 15) is 0 Å². The molecule has 1 heteroatoms. The average molecular weight is 169 g/mol. The monoisotopic (exact) mass is 169 g/mol. The van der Waals surface area contributed by atoms with Gasteiger partial charge in [-0.2, -0.15) is 11.8 Å². The Labute approximate surface area is 75.1 Å². The van der Waals surface area contributed by atoms with Crippen molar-refractivity contribution in [3.8, 4) is 11.8 Å². The van der Waals surface area contributed by atoms with Crippen molar-refractivity contribution in [2.24, 2.45) is 0 Å². The first kappa shape index (κ1) is 10.9. The second kappa shape index (κ2) is 9.91. The Bertz CT molecular complexity index is 119. The number of thioether (sulfide) groups is 1. The zero-order valence-corrected chi connectivity index (χ0v) is 8.17. The molecule has 0 N–H and O–H groups in total. The SMILES string of the molecule is [CH2]C#CCCCCCCSC. The van der Waals surface area contributed by atoms with Gasteiger partial charge in [0.1, 0.15) is 0 Å². The highest BCUT2D eigenvalue weighted by atomic mass is 32.2. The fourth-order valence-electron chi connectivity index (χ4n) is 0.902. The summed E-state index contributed by atoms with van der Waals surface area (Å²) in [6.07, 6.45) is 8.49. The topological polar surface area (TPSA) is 0 Å². The number of hydrogen-bond acceptors (Lipinski definition) is 1. The van der Waals surface area contributed by atoms with Gasteiger partial charge < -0.3 is 0 Å². The smallest absolute Gasteiger partial charge is 0.0198 e. The van der Waals surface area contributed by atoms with Gasteiger partial charge in [-0.05, 0) is 24.9 Å². The van der Waals surface area contributed by atoms with Gasteiger partial charge >= 0.3 is 0 Å². The van der Waals surface area contributed by atoms with E-state index in [1.165, 1.54) is 31.4 Å². The van der Waals surface area contributed by atoms with Gasteiger partial charge in [0, 0.05) is 13.3 Å². The maximum atomic E-state index is 3.47. The lowest BCUT2D eigenvalue weighted by Gasteiger charge is -1.96. The summed E-state index contributed by atoms with van der Waals surface area (Å²) in [7, 11) is 0. The molecule has 0 aliphatic rings. The lowest BCUT2D eigenvalue weighted by Crippen LogP contribution is -1.80. The second-order valence-corrected chi connectivity index (χ2v) is 3.50. The van der Waals surface area contributed by atoms with Gasteiger partial charge in [-0.25, -0.2) is 0 Å². The Hall–Kier alpha value is -0.0900. The number of hydrogen-bond donors (Lipinski definition) is 0. The van der Waals surface area contributed by atoms with Crippen LogP contribution in [0.25, 0.3) is 0 Å². The fraction of sp³-hybridized carbons (Fsp3) is 0.700. The van der Waals surface area contributed by atoms with Crippen molar-refractivity contribution in [2.75, 3.05) is 12.0 Å². The van der Waals surface area contributed by atoms with Crippen molar-refractivity contribution in [3.63, 3.8) is 0 Å². The highest BCUT2D eigenvalue weighted by Crippen LogP contribution is 2.05. The van der Waals surface area contributed by atoms with Gasteiger partial charge in [-0.3, -0.25) is 0 Å². The molecule has 0 spiro atoms. The van der Waals surface area contributed by atoms with Crippen LogP contribution in [0, 0.1) is 18.8 Å². The molecule has 0 saturated carbocycles. The van der Waals surface area contributed by atoms with Crippen LogP contribution < -0.4 is 0 Å². The third-order valence-corrected chi connectivity index (χ3v) is 2.22. The molecule has 0 aromatic carbocycles. The van der Waals surface area contributed by atoms with Crippen LogP contribution in [0.1, 0.15) is 32.1 Å². The summed E-state index contributed by atoms with van der Waals surface area (Å²) >= 11 is 1.93. The van der Waals surface area contributed by atoms with E-state index in [1.807, 2.05) is 11.8 Å². The molecule has 0 atom stereocenters. The van der Waals surface area contributed by atoms with E-state index in [0.29, 0.717) is 0 Å². The minimum Gasteiger partial charge on any atom is -0.165 e. The summed E-state index contributed by atoms with van der Waals surface area (Å²) in [6, 6.07) is 0. The maximum absolute atomic E-state index is 3.47. The number of unbranched alkanes of at least 4 members (excludes halogenated alkanes) is 4. The molecule has 0 bridgehead atoms. The van der Waals surface area contributed by atoms with Crippen LogP contribution in [0.4, 0.5) is 0 Å². The summed E-state index contributed by atoms with van der Waals surface area (Å²) < 4.78 is 0. The Balaban J connectivity index is 2.83. The third kappa shape index (κ3) is 9.91. The number of rotatable bonds is 6. The lowest BCUT2D eigenvalue weighted by atomic mass is 10.2. The molecule has 0 aromatic heterocycles. The summed E-state index contributed by atoms with van der Waals surface area (Å²) in [4.78, 5) is 0. The average Bonchev–Trinajstić information content (AvgIpc) is 2.03. The summed E-state index contributed by atoms with van der Waals surface area (Å²) in [6.45, 7) is 3.47. The Kier molecular flexibility index (Phi) is 9.83. The molecular formula is C10H17S. The van der Waals surface area contributed by atoms with E-state index >= 15 is 0 Å². The van der Waals surface area contributed by atoms with Crippen LogP contribution >= 0.6 is 11.8 Å². The van der Waals surface area contributed by atoms with E-state index in [4.69, 9.17) is 0 Å². The highest BCUT2D eigenvalue weighted by Gasteiger charge is 1.87. The van der Waals surface area contributed by atoms with Crippen molar-refractivity contribution in [1.29, 1.82) is 0 Å². The molecule has 0 unspecified atom stereocenters. The molecule has 0 aliphatic heterocycles. The molecule has 0 aliphatic carbocycles. The van der Waals surface area contributed by atoms with Crippen LogP contribution in [0.5, 0.6) is 0 Å². The van der Waals surface area contributed by atoms with E-state index in [0.717, 1.165) is 6.42 Å². The summed E-state index contributed by atoms with van der Waals surface area (Å²) in [5.74, 6) is 6.95. The molecule has 0 saturated heterocycles. The Morgan fingerprint density at radius 2 is 1.91 bits per heavy atom. The molecule has 0 nitrogen and oxygen atoms in total. The first-order valence-electron chi connectivity index (χ1n) is 4.15. The zero-order chi connectivity index (χ0) is 8.36. The van der Waals surface area contributed by atoms with E-state index in [2.05, 4.69) is 25.0 Å². The largest absolute Gasteiger partial charge is 0.165 e. The summed E-state index contributed by atoms with van der Waals surface area (Å²) in [5, 5.41) is 0. The van der Waals surface area contributed by atoms with Crippen molar-refractivity contribution in [3.05, 3.63) is 6.92 Å². The molecule has 0 heterocycles. The Morgan fingerprint density at radius 1 is 1.18 bits per heavy atom. The van der Waals surface area contributed by atoms with Crippen LogP contribution in [0.3, 0.4) is 0 Å². The van der Waals surface area contributed by atoms with Gasteiger partial charge in [-0.1, -0.05) is 12.8 Å². The van der Waals surface area contributed by atoms with E-state index < -0.39 is 0 Å². The molecule has 11 heavy (non-hydrogen) atoms. The van der Waals surface area contributed by atoms with Crippen LogP contribution in [-0.2, 0) is 0 Å². The lowest BCUT2D eigenvalue weighted by molar-refractivity contribution is 0.683. The first-order valence-corrected chi connectivity index (χ1v) is 5.55. The molecule has 63 valence electrons. The highest BCUT2D eigenvalue weighted by molar-refractivity contribution is 7.98. The van der Waals surface area contributed by atoms with Crippen molar-refractivity contribution in [2.45, 2.75) is 32.1 Å². The maximum Gasteiger partial charge on any atom is 0.0198 e. The molecule has 0 fully saturated rings. The van der Waals surface area contributed by atoms with Gasteiger partial charge in [0.05, 0.1) is 0 Å². The Morgan fingerprint density at radius 3 is 2.55 bits per heavy atom. The summed E-state index contributed by atoms with van der Waals surface area (Å²) in [5.41, 5.74) is 0. The van der Waals surface area contributed by atoms with Crippen molar-refractivity contribution < 1.29 is 0 Å². The third-order valence-electron chi connectivity index (χ3n) is 1.53.